The Morgan fingerprint density at radius 2 is 1.47 bits per heavy atom. The van der Waals surface area contributed by atoms with Gasteiger partial charge in [0.1, 0.15) is 5.54 Å². The number of hydrogen-bond donors (Lipinski definition) is 1. The number of likely N-dealkylation sites (tertiary alicyclic amines) is 1. The summed E-state index contributed by atoms with van der Waals surface area (Å²) in [6.07, 6.45) is 3.98. The van der Waals surface area contributed by atoms with Gasteiger partial charge in [0.2, 0.25) is 5.91 Å². The van der Waals surface area contributed by atoms with Crippen LogP contribution in [-0.2, 0) is 11.2 Å². The average molecular weight is 474 g/mol. The van der Waals surface area contributed by atoms with E-state index in [1.807, 2.05) is 6.07 Å². The maximum absolute atomic E-state index is 13.1. The van der Waals surface area contributed by atoms with Gasteiger partial charge in [-0.05, 0) is 60.4 Å². The molecule has 2 aliphatic heterocycles. The molecule has 34 heavy (non-hydrogen) atoms. The Balaban J connectivity index is 0.00000241. The Hall–Kier alpha value is -2.82. The molecule has 3 aromatic rings. The Kier molecular flexibility index (Phi) is 6.37. The van der Waals surface area contributed by atoms with Crippen molar-refractivity contribution >= 4 is 24.0 Å². The largest absolute Gasteiger partial charge is 0.339 e. The number of para-hydroxylation sites is 1. The summed E-state index contributed by atoms with van der Waals surface area (Å²) in [5.74, 6) is 0.731. The number of halogens is 1. The summed E-state index contributed by atoms with van der Waals surface area (Å²) in [5, 5.41) is 3.14. The second-order valence-corrected chi connectivity index (χ2v) is 9.76. The molecular formula is C29H32ClN3O. The smallest absolute Gasteiger partial charge is 0.247 e. The van der Waals surface area contributed by atoms with Gasteiger partial charge in [-0.1, -0.05) is 72.8 Å². The Morgan fingerprint density at radius 1 is 0.824 bits per heavy atom. The van der Waals surface area contributed by atoms with Crippen LogP contribution >= 0.6 is 12.4 Å². The van der Waals surface area contributed by atoms with E-state index in [0.717, 1.165) is 44.5 Å². The van der Waals surface area contributed by atoms with E-state index in [1.54, 1.807) is 0 Å². The first kappa shape index (κ1) is 22.9. The number of carbonyl (C=O) groups excluding carboxylic acids is 1. The first-order chi connectivity index (χ1) is 16.2. The molecule has 3 aromatic carbocycles. The third-order valence-corrected chi connectivity index (χ3v) is 8.13. The molecule has 0 aromatic heterocycles. The zero-order valence-electron chi connectivity index (χ0n) is 19.4. The molecule has 5 heteroatoms. The minimum Gasteiger partial charge on any atom is -0.339 e. The van der Waals surface area contributed by atoms with Crippen LogP contribution in [-0.4, -0.2) is 36.1 Å². The van der Waals surface area contributed by atoms with Crippen molar-refractivity contribution in [1.29, 1.82) is 0 Å². The predicted molar refractivity (Wildman–Crippen MR) is 139 cm³/mol. The fourth-order valence-electron chi connectivity index (χ4n) is 6.35. The molecule has 2 unspecified atom stereocenters. The lowest BCUT2D eigenvalue weighted by Gasteiger charge is -2.47. The van der Waals surface area contributed by atoms with Gasteiger partial charge in [-0.2, -0.15) is 0 Å². The van der Waals surface area contributed by atoms with Crippen molar-refractivity contribution in [2.24, 2.45) is 0 Å². The van der Waals surface area contributed by atoms with E-state index in [4.69, 9.17) is 0 Å². The van der Waals surface area contributed by atoms with Crippen LogP contribution < -0.4 is 10.2 Å². The van der Waals surface area contributed by atoms with E-state index in [1.165, 1.54) is 16.7 Å². The number of amides is 1. The van der Waals surface area contributed by atoms with Crippen LogP contribution in [0.2, 0.25) is 0 Å². The zero-order chi connectivity index (χ0) is 22.3. The topological polar surface area (TPSA) is 35.6 Å². The van der Waals surface area contributed by atoms with Crippen molar-refractivity contribution in [2.75, 3.05) is 24.7 Å². The van der Waals surface area contributed by atoms with Crippen molar-refractivity contribution in [3.8, 4) is 0 Å². The number of benzene rings is 3. The Labute approximate surface area is 208 Å². The van der Waals surface area contributed by atoms with E-state index in [0.29, 0.717) is 18.6 Å². The number of anilines is 1. The predicted octanol–water partition coefficient (Wildman–Crippen LogP) is 5.31. The molecule has 1 N–H and O–H groups in total. The van der Waals surface area contributed by atoms with Crippen LogP contribution in [0, 0.1) is 0 Å². The maximum atomic E-state index is 13.1. The molecular weight excluding hydrogens is 442 g/mol. The van der Waals surface area contributed by atoms with Gasteiger partial charge >= 0.3 is 0 Å². The summed E-state index contributed by atoms with van der Waals surface area (Å²) in [7, 11) is 0. The van der Waals surface area contributed by atoms with Gasteiger partial charge < -0.3 is 10.2 Å². The molecule has 2 heterocycles. The fourth-order valence-corrected chi connectivity index (χ4v) is 6.35. The molecule has 6 rings (SSSR count). The summed E-state index contributed by atoms with van der Waals surface area (Å²) in [6, 6.07) is 30.8. The van der Waals surface area contributed by atoms with Crippen molar-refractivity contribution in [1.82, 2.24) is 10.2 Å². The maximum Gasteiger partial charge on any atom is 0.247 e. The number of rotatable bonds is 3. The van der Waals surface area contributed by atoms with E-state index in [2.05, 4.69) is 94.0 Å². The van der Waals surface area contributed by atoms with E-state index < -0.39 is 5.54 Å². The Morgan fingerprint density at radius 3 is 2.21 bits per heavy atom. The van der Waals surface area contributed by atoms with Gasteiger partial charge in [0, 0.05) is 24.8 Å². The molecule has 2 atom stereocenters. The number of piperidine rings is 1. The van der Waals surface area contributed by atoms with Crippen LogP contribution in [0.15, 0.2) is 84.9 Å². The molecule has 4 nitrogen and oxygen atoms in total. The average Bonchev–Trinajstić information content (AvgIpc) is 3.20. The van der Waals surface area contributed by atoms with Gasteiger partial charge in [-0.3, -0.25) is 9.69 Å². The van der Waals surface area contributed by atoms with Gasteiger partial charge in [0.05, 0.1) is 6.67 Å². The fraction of sp³-hybridized carbons (Fsp3) is 0.345. The molecule has 1 spiro atoms. The van der Waals surface area contributed by atoms with Crippen LogP contribution in [0.5, 0.6) is 0 Å². The van der Waals surface area contributed by atoms with Crippen LogP contribution in [0.1, 0.15) is 47.9 Å². The number of fused-ring (bicyclic) bond motifs is 1. The normalized spacial score (nSPS) is 23.8. The highest BCUT2D eigenvalue weighted by atomic mass is 35.5. The van der Waals surface area contributed by atoms with Crippen LogP contribution in [0.4, 0.5) is 5.69 Å². The molecule has 2 fully saturated rings. The summed E-state index contributed by atoms with van der Waals surface area (Å²) in [6.45, 7) is 2.49. The van der Waals surface area contributed by atoms with Crippen LogP contribution in [0.25, 0.3) is 0 Å². The van der Waals surface area contributed by atoms with Crippen molar-refractivity contribution in [3.63, 3.8) is 0 Å². The van der Waals surface area contributed by atoms with E-state index in [9.17, 15) is 4.79 Å². The minimum atomic E-state index is -0.426. The lowest BCUT2D eigenvalue weighted by Crippen LogP contribution is -2.57. The zero-order valence-corrected chi connectivity index (χ0v) is 20.2. The highest BCUT2D eigenvalue weighted by Crippen LogP contribution is 2.44. The molecule has 0 saturated carbocycles. The highest BCUT2D eigenvalue weighted by molar-refractivity contribution is 5.93. The van der Waals surface area contributed by atoms with Gasteiger partial charge in [0.15, 0.2) is 0 Å². The van der Waals surface area contributed by atoms with Crippen molar-refractivity contribution in [3.05, 3.63) is 102 Å². The molecule has 1 amide bonds. The summed E-state index contributed by atoms with van der Waals surface area (Å²) < 4.78 is 0. The molecule has 1 aliphatic carbocycles. The SMILES string of the molecule is Cl.O=C1NCN(c2ccccc2)C12CCN(C1CC(c3ccccc3)Cc3ccccc31)CC2. The van der Waals surface area contributed by atoms with Gasteiger partial charge in [0.25, 0.3) is 0 Å². The molecule has 2 saturated heterocycles. The number of nitrogens with one attached hydrogen (secondary N) is 1. The monoisotopic (exact) mass is 473 g/mol. The Bertz CT molecular complexity index is 1130. The van der Waals surface area contributed by atoms with Gasteiger partial charge in [-0.25, -0.2) is 0 Å². The van der Waals surface area contributed by atoms with Crippen molar-refractivity contribution in [2.45, 2.75) is 43.2 Å². The molecule has 176 valence electrons. The summed E-state index contributed by atoms with van der Waals surface area (Å²) in [4.78, 5) is 18.0. The third kappa shape index (κ3) is 3.89. The van der Waals surface area contributed by atoms with Gasteiger partial charge in [-0.15, -0.1) is 12.4 Å². The summed E-state index contributed by atoms with van der Waals surface area (Å²) >= 11 is 0. The quantitative estimate of drug-likeness (QED) is 0.560. The second-order valence-electron chi connectivity index (χ2n) is 9.76. The van der Waals surface area contributed by atoms with E-state index in [-0.39, 0.29) is 18.3 Å². The first-order valence-corrected chi connectivity index (χ1v) is 12.2. The first-order valence-electron chi connectivity index (χ1n) is 12.2. The molecule has 0 radical (unpaired) electrons. The lowest BCUT2D eigenvalue weighted by atomic mass is 9.75. The lowest BCUT2D eigenvalue weighted by molar-refractivity contribution is -0.125. The third-order valence-electron chi connectivity index (χ3n) is 8.13. The number of hydrogen-bond acceptors (Lipinski definition) is 3. The molecule has 3 aliphatic rings. The molecule has 0 bridgehead atoms. The van der Waals surface area contributed by atoms with E-state index >= 15 is 0 Å². The summed E-state index contributed by atoms with van der Waals surface area (Å²) in [5.41, 5.74) is 5.11. The minimum absolute atomic E-state index is 0. The standard InChI is InChI=1S/C29H31N3O.ClH/c33-28-29(32(21-30-28)25-12-5-2-6-13-25)15-17-31(18-16-29)27-20-24(22-9-3-1-4-10-22)19-23-11-7-8-14-26(23)27;/h1-14,24,27H,15-21H2,(H,30,33);1H. The highest BCUT2D eigenvalue weighted by Gasteiger charge is 2.51. The number of nitrogens with zero attached hydrogens (tertiary/aromatic N) is 2. The number of carbonyl (C=O) groups is 1. The van der Waals surface area contributed by atoms with Crippen LogP contribution in [0.3, 0.4) is 0 Å². The second kappa shape index (κ2) is 9.44. The van der Waals surface area contributed by atoms with Crippen molar-refractivity contribution < 1.29 is 4.79 Å².